The lowest BCUT2D eigenvalue weighted by molar-refractivity contribution is -0.117. The Bertz CT molecular complexity index is 473. The average molecular weight is 234 g/mol. The SMILES string of the molecule is CNC1CC(=O)Nc2cc3c(cc21)OCCO3. The number of fused-ring (bicyclic) bond motifs is 2. The minimum atomic E-state index is 0.0218. The van der Waals surface area contributed by atoms with E-state index in [4.69, 9.17) is 9.47 Å². The molecular weight excluding hydrogens is 220 g/mol. The average Bonchev–Trinajstić information content (AvgIpc) is 2.35. The third-order valence-corrected chi connectivity index (χ3v) is 3.10. The molecule has 1 amide bonds. The lowest BCUT2D eigenvalue weighted by Gasteiger charge is -2.28. The number of benzene rings is 1. The quantitative estimate of drug-likeness (QED) is 0.762. The second-order valence-corrected chi connectivity index (χ2v) is 4.18. The molecule has 0 radical (unpaired) electrons. The van der Waals surface area contributed by atoms with Crippen LogP contribution in [0.2, 0.25) is 0 Å². The summed E-state index contributed by atoms with van der Waals surface area (Å²) in [5.74, 6) is 1.48. The molecule has 2 N–H and O–H groups in total. The van der Waals surface area contributed by atoms with Crippen molar-refractivity contribution in [2.24, 2.45) is 0 Å². The highest BCUT2D eigenvalue weighted by molar-refractivity contribution is 5.95. The summed E-state index contributed by atoms with van der Waals surface area (Å²) < 4.78 is 11.0. The third kappa shape index (κ3) is 1.72. The van der Waals surface area contributed by atoms with Gasteiger partial charge in [-0.05, 0) is 18.7 Å². The van der Waals surface area contributed by atoms with Gasteiger partial charge in [0, 0.05) is 24.2 Å². The second-order valence-electron chi connectivity index (χ2n) is 4.18. The molecule has 0 saturated heterocycles. The Hall–Kier alpha value is -1.75. The van der Waals surface area contributed by atoms with E-state index in [1.54, 1.807) is 0 Å². The van der Waals surface area contributed by atoms with E-state index < -0.39 is 0 Å². The van der Waals surface area contributed by atoms with Gasteiger partial charge in [-0.1, -0.05) is 0 Å². The molecule has 1 atom stereocenters. The first kappa shape index (κ1) is 10.4. The van der Waals surface area contributed by atoms with Crippen LogP contribution < -0.4 is 20.1 Å². The molecule has 2 heterocycles. The Labute approximate surface area is 99.1 Å². The summed E-state index contributed by atoms with van der Waals surface area (Å²) in [6.07, 6.45) is 0.448. The van der Waals surface area contributed by atoms with Crippen LogP contribution in [-0.2, 0) is 4.79 Å². The maximum absolute atomic E-state index is 11.5. The first-order chi connectivity index (χ1) is 8.28. The number of anilines is 1. The Kier molecular flexibility index (Phi) is 2.40. The van der Waals surface area contributed by atoms with Gasteiger partial charge < -0.3 is 20.1 Å². The molecular formula is C12H14N2O3. The lowest BCUT2D eigenvalue weighted by Crippen LogP contribution is -2.30. The number of ether oxygens (including phenoxy) is 2. The number of rotatable bonds is 1. The molecule has 5 nitrogen and oxygen atoms in total. The fourth-order valence-electron chi connectivity index (χ4n) is 2.26. The zero-order chi connectivity index (χ0) is 11.8. The van der Waals surface area contributed by atoms with Gasteiger partial charge in [0.05, 0.1) is 0 Å². The van der Waals surface area contributed by atoms with Crippen molar-refractivity contribution in [2.75, 3.05) is 25.6 Å². The van der Waals surface area contributed by atoms with Gasteiger partial charge in [0.2, 0.25) is 5.91 Å². The van der Waals surface area contributed by atoms with E-state index >= 15 is 0 Å². The van der Waals surface area contributed by atoms with Crippen LogP contribution in [0.15, 0.2) is 12.1 Å². The topological polar surface area (TPSA) is 59.6 Å². The molecule has 1 aromatic rings. The van der Waals surface area contributed by atoms with Crippen LogP contribution in [0.25, 0.3) is 0 Å². The van der Waals surface area contributed by atoms with Crippen LogP contribution in [0.3, 0.4) is 0 Å². The molecule has 0 saturated carbocycles. The Morgan fingerprint density at radius 3 is 2.71 bits per heavy atom. The molecule has 3 rings (SSSR count). The van der Waals surface area contributed by atoms with Crippen LogP contribution in [0.4, 0.5) is 5.69 Å². The predicted molar refractivity (Wildman–Crippen MR) is 62.5 cm³/mol. The summed E-state index contributed by atoms with van der Waals surface area (Å²) in [6, 6.07) is 3.82. The van der Waals surface area contributed by atoms with Gasteiger partial charge in [0.25, 0.3) is 0 Å². The lowest BCUT2D eigenvalue weighted by atomic mass is 9.97. The highest BCUT2D eigenvalue weighted by atomic mass is 16.6. The van der Waals surface area contributed by atoms with Crippen LogP contribution in [0.1, 0.15) is 18.0 Å². The smallest absolute Gasteiger partial charge is 0.226 e. The van der Waals surface area contributed by atoms with Gasteiger partial charge in [-0.2, -0.15) is 0 Å². The summed E-state index contributed by atoms with van der Waals surface area (Å²) >= 11 is 0. The van der Waals surface area contributed by atoms with E-state index in [9.17, 15) is 4.79 Å². The largest absolute Gasteiger partial charge is 0.486 e. The van der Waals surface area contributed by atoms with Gasteiger partial charge in [-0.3, -0.25) is 4.79 Å². The highest BCUT2D eigenvalue weighted by Gasteiger charge is 2.27. The van der Waals surface area contributed by atoms with E-state index in [0.29, 0.717) is 25.4 Å². The Morgan fingerprint density at radius 2 is 2.00 bits per heavy atom. The zero-order valence-corrected chi connectivity index (χ0v) is 9.58. The molecule has 0 bridgehead atoms. The molecule has 2 aliphatic rings. The van der Waals surface area contributed by atoms with Crippen LogP contribution in [-0.4, -0.2) is 26.2 Å². The monoisotopic (exact) mass is 234 g/mol. The molecule has 0 spiro atoms. The van der Waals surface area contributed by atoms with Crippen molar-refractivity contribution >= 4 is 11.6 Å². The van der Waals surface area contributed by atoms with Crippen molar-refractivity contribution in [1.29, 1.82) is 0 Å². The predicted octanol–water partition coefficient (Wildman–Crippen LogP) is 1.06. The summed E-state index contributed by atoms with van der Waals surface area (Å²) in [5.41, 5.74) is 1.86. The molecule has 1 unspecified atom stereocenters. The van der Waals surface area contributed by atoms with E-state index in [2.05, 4.69) is 10.6 Å². The number of carbonyl (C=O) groups is 1. The molecule has 17 heavy (non-hydrogen) atoms. The molecule has 90 valence electrons. The maximum Gasteiger partial charge on any atom is 0.226 e. The second kappa shape index (κ2) is 3.92. The van der Waals surface area contributed by atoms with Crippen molar-refractivity contribution in [1.82, 2.24) is 5.32 Å². The van der Waals surface area contributed by atoms with E-state index in [1.165, 1.54) is 0 Å². The van der Waals surface area contributed by atoms with Gasteiger partial charge in [0.15, 0.2) is 11.5 Å². The zero-order valence-electron chi connectivity index (χ0n) is 9.58. The summed E-state index contributed by atoms with van der Waals surface area (Å²) in [6.45, 7) is 1.12. The Balaban J connectivity index is 2.07. The number of hydrogen-bond acceptors (Lipinski definition) is 4. The first-order valence-corrected chi connectivity index (χ1v) is 5.68. The number of hydrogen-bond donors (Lipinski definition) is 2. The maximum atomic E-state index is 11.5. The minimum absolute atomic E-state index is 0.0218. The molecule has 0 aliphatic carbocycles. The third-order valence-electron chi connectivity index (χ3n) is 3.10. The summed E-state index contributed by atoms with van der Waals surface area (Å²) in [5, 5.41) is 6.00. The molecule has 5 heteroatoms. The Morgan fingerprint density at radius 1 is 1.29 bits per heavy atom. The minimum Gasteiger partial charge on any atom is -0.486 e. The molecule has 0 fully saturated rings. The van der Waals surface area contributed by atoms with E-state index in [1.807, 2.05) is 19.2 Å². The van der Waals surface area contributed by atoms with Crippen LogP contribution in [0.5, 0.6) is 11.5 Å². The standard InChI is InChI=1S/C12H14N2O3/c1-13-8-6-12(15)14-9-5-11-10(4-7(8)9)16-2-3-17-11/h4-5,8,13H,2-3,6H2,1H3,(H,14,15). The van der Waals surface area contributed by atoms with Crippen molar-refractivity contribution in [3.63, 3.8) is 0 Å². The van der Waals surface area contributed by atoms with Gasteiger partial charge in [-0.25, -0.2) is 0 Å². The molecule has 0 aromatic heterocycles. The molecule has 2 aliphatic heterocycles. The van der Waals surface area contributed by atoms with Crippen molar-refractivity contribution in [3.8, 4) is 11.5 Å². The van der Waals surface area contributed by atoms with Gasteiger partial charge in [0.1, 0.15) is 13.2 Å². The van der Waals surface area contributed by atoms with Crippen LogP contribution in [0, 0.1) is 0 Å². The van der Waals surface area contributed by atoms with Crippen molar-refractivity contribution in [3.05, 3.63) is 17.7 Å². The number of nitrogens with one attached hydrogen (secondary N) is 2. The fourth-order valence-corrected chi connectivity index (χ4v) is 2.26. The normalized spacial score (nSPS) is 21.7. The van der Waals surface area contributed by atoms with Crippen molar-refractivity contribution in [2.45, 2.75) is 12.5 Å². The van der Waals surface area contributed by atoms with E-state index in [0.717, 1.165) is 17.0 Å². The summed E-state index contributed by atoms with van der Waals surface area (Å²) in [4.78, 5) is 11.5. The fraction of sp³-hybridized carbons (Fsp3) is 0.417. The first-order valence-electron chi connectivity index (χ1n) is 5.68. The van der Waals surface area contributed by atoms with Gasteiger partial charge in [-0.15, -0.1) is 0 Å². The summed E-state index contributed by atoms with van der Waals surface area (Å²) in [7, 11) is 1.85. The number of carbonyl (C=O) groups excluding carboxylic acids is 1. The van der Waals surface area contributed by atoms with Crippen LogP contribution >= 0.6 is 0 Å². The van der Waals surface area contributed by atoms with Crippen molar-refractivity contribution < 1.29 is 14.3 Å². The van der Waals surface area contributed by atoms with Gasteiger partial charge >= 0.3 is 0 Å². The highest BCUT2D eigenvalue weighted by Crippen LogP contribution is 2.40. The molecule has 1 aromatic carbocycles. The van der Waals surface area contributed by atoms with E-state index in [-0.39, 0.29) is 11.9 Å². The number of amides is 1.